The van der Waals surface area contributed by atoms with Crippen LogP contribution < -0.4 is 10.6 Å². The average Bonchev–Trinajstić information content (AvgIpc) is 2.70. The van der Waals surface area contributed by atoms with Crippen molar-refractivity contribution < 1.29 is 9.15 Å². The Morgan fingerprint density at radius 1 is 1.39 bits per heavy atom. The fraction of sp³-hybridized carbons (Fsp3) is 0.462. The summed E-state index contributed by atoms with van der Waals surface area (Å²) in [6.45, 7) is 6.40. The number of anilines is 2. The fourth-order valence-electron chi connectivity index (χ4n) is 2.26. The first-order chi connectivity index (χ1) is 8.56. The molecule has 0 radical (unpaired) electrons. The van der Waals surface area contributed by atoms with Gasteiger partial charge in [-0.05, 0) is 32.0 Å². The largest absolute Gasteiger partial charge is 0.423 e. The minimum absolute atomic E-state index is 0.106. The number of hydrogen-bond donors (Lipinski definition) is 1. The van der Waals surface area contributed by atoms with Crippen LogP contribution in [0, 0.1) is 0 Å². The van der Waals surface area contributed by atoms with Crippen LogP contribution >= 0.6 is 0 Å². The second kappa shape index (κ2) is 3.88. The van der Waals surface area contributed by atoms with Gasteiger partial charge >= 0.3 is 0 Å². The molecule has 1 aromatic heterocycles. The minimum Gasteiger partial charge on any atom is -0.423 e. The molecule has 5 nitrogen and oxygen atoms in total. The molecule has 0 atom stereocenters. The van der Waals surface area contributed by atoms with E-state index in [0.29, 0.717) is 24.9 Å². The average molecular weight is 247 g/mol. The highest BCUT2D eigenvalue weighted by Crippen LogP contribution is 2.29. The van der Waals surface area contributed by atoms with Gasteiger partial charge in [-0.3, -0.25) is 0 Å². The van der Waals surface area contributed by atoms with Gasteiger partial charge in [0.15, 0.2) is 5.58 Å². The topological polar surface area (TPSA) is 64.5 Å². The molecule has 0 amide bonds. The normalized spacial score (nSPS) is 19.3. The molecular formula is C13H17N3O2. The van der Waals surface area contributed by atoms with Crippen molar-refractivity contribution in [3.8, 4) is 0 Å². The number of rotatable bonds is 1. The van der Waals surface area contributed by atoms with E-state index in [2.05, 4.69) is 23.7 Å². The van der Waals surface area contributed by atoms with E-state index in [1.54, 1.807) is 0 Å². The summed E-state index contributed by atoms with van der Waals surface area (Å²) in [4.78, 5) is 6.66. The molecule has 0 saturated carbocycles. The number of ether oxygens (including phenoxy) is 1. The van der Waals surface area contributed by atoms with Crippen molar-refractivity contribution in [3.05, 3.63) is 18.2 Å². The van der Waals surface area contributed by atoms with Gasteiger partial charge in [-0.25, -0.2) is 0 Å². The predicted octanol–water partition coefficient (Wildman–Crippen LogP) is 2.03. The number of nitrogens with zero attached hydrogens (tertiary/aromatic N) is 2. The van der Waals surface area contributed by atoms with Gasteiger partial charge in [0.1, 0.15) is 5.52 Å². The summed E-state index contributed by atoms with van der Waals surface area (Å²) in [5, 5.41) is 0. The lowest BCUT2D eigenvalue weighted by atomic mass is 10.0. The second-order valence-corrected chi connectivity index (χ2v) is 5.24. The van der Waals surface area contributed by atoms with E-state index < -0.39 is 0 Å². The molecule has 96 valence electrons. The molecule has 2 heterocycles. The predicted molar refractivity (Wildman–Crippen MR) is 70.7 cm³/mol. The first kappa shape index (κ1) is 11.3. The Labute approximate surface area is 106 Å². The van der Waals surface area contributed by atoms with E-state index >= 15 is 0 Å². The molecule has 5 heteroatoms. The molecule has 0 aliphatic carbocycles. The lowest BCUT2D eigenvalue weighted by Gasteiger charge is -2.40. The van der Waals surface area contributed by atoms with Crippen LogP contribution in [0.25, 0.3) is 11.1 Å². The van der Waals surface area contributed by atoms with Gasteiger partial charge < -0.3 is 19.8 Å². The van der Waals surface area contributed by atoms with Crippen LogP contribution in [0.5, 0.6) is 0 Å². The van der Waals surface area contributed by atoms with Crippen molar-refractivity contribution in [2.75, 3.05) is 30.4 Å². The van der Waals surface area contributed by atoms with Crippen molar-refractivity contribution >= 4 is 22.8 Å². The van der Waals surface area contributed by atoms with Gasteiger partial charge in [-0.1, -0.05) is 0 Å². The monoisotopic (exact) mass is 247 g/mol. The van der Waals surface area contributed by atoms with Crippen LogP contribution in [0.1, 0.15) is 13.8 Å². The van der Waals surface area contributed by atoms with Crippen molar-refractivity contribution in [2.24, 2.45) is 0 Å². The summed E-state index contributed by atoms with van der Waals surface area (Å²) in [7, 11) is 0. The highest BCUT2D eigenvalue weighted by Gasteiger charge is 2.33. The molecule has 1 aromatic carbocycles. The van der Waals surface area contributed by atoms with Crippen molar-refractivity contribution in [3.63, 3.8) is 0 Å². The molecule has 0 spiro atoms. The van der Waals surface area contributed by atoms with E-state index in [1.807, 2.05) is 18.2 Å². The van der Waals surface area contributed by atoms with Gasteiger partial charge in [-0.15, -0.1) is 0 Å². The molecule has 0 unspecified atom stereocenters. The number of morpholine rings is 1. The van der Waals surface area contributed by atoms with Crippen molar-refractivity contribution in [1.82, 2.24) is 4.98 Å². The van der Waals surface area contributed by atoms with E-state index in [-0.39, 0.29) is 5.54 Å². The van der Waals surface area contributed by atoms with Crippen LogP contribution in [-0.2, 0) is 4.74 Å². The maximum Gasteiger partial charge on any atom is 0.298 e. The van der Waals surface area contributed by atoms with Gasteiger partial charge in [0.2, 0.25) is 0 Å². The molecule has 1 aliphatic heterocycles. The van der Waals surface area contributed by atoms with E-state index in [1.165, 1.54) is 0 Å². The smallest absolute Gasteiger partial charge is 0.298 e. The summed E-state index contributed by atoms with van der Waals surface area (Å²) in [6.07, 6.45) is 0. The zero-order chi connectivity index (χ0) is 12.8. The van der Waals surface area contributed by atoms with Crippen molar-refractivity contribution in [1.29, 1.82) is 0 Å². The second-order valence-electron chi connectivity index (χ2n) is 5.24. The van der Waals surface area contributed by atoms with Crippen LogP contribution in [-0.4, -0.2) is 30.3 Å². The third-order valence-electron chi connectivity index (χ3n) is 3.28. The lowest BCUT2D eigenvalue weighted by molar-refractivity contribution is 0.0614. The Kier molecular flexibility index (Phi) is 2.45. The number of aromatic nitrogens is 1. The molecule has 0 bridgehead atoms. The lowest BCUT2D eigenvalue weighted by Crippen LogP contribution is -2.53. The minimum atomic E-state index is -0.106. The summed E-state index contributed by atoms with van der Waals surface area (Å²) in [6, 6.07) is 6.15. The molecular weight excluding hydrogens is 230 g/mol. The SMILES string of the molecule is CC1(C)COCCN1c1nc2cc(N)ccc2o1. The molecule has 2 aromatic rings. The maximum atomic E-state index is 5.80. The Bertz CT molecular complexity index is 577. The number of hydrogen-bond acceptors (Lipinski definition) is 5. The Balaban J connectivity index is 2.03. The number of nitrogens with two attached hydrogens (primary N) is 1. The molecule has 1 saturated heterocycles. The number of nitrogen functional groups attached to an aromatic ring is 1. The van der Waals surface area contributed by atoms with E-state index in [0.717, 1.165) is 17.6 Å². The summed E-state index contributed by atoms with van der Waals surface area (Å²) in [5.74, 6) is 0. The first-order valence-electron chi connectivity index (χ1n) is 6.08. The maximum absolute atomic E-state index is 5.80. The third-order valence-corrected chi connectivity index (χ3v) is 3.28. The summed E-state index contributed by atoms with van der Waals surface area (Å²) in [5.41, 5.74) is 7.90. The zero-order valence-electron chi connectivity index (χ0n) is 10.6. The van der Waals surface area contributed by atoms with E-state index in [4.69, 9.17) is 14.9 Å². The summed E-state index contributed by atoms with van der Waals surface area (Å²) < 4.78 is 11.3. The molecule has 1 fully saturated rings. The molecule has 1 aliphatic rings. The number of fused-ring (bicyclic) bond motifs is 1. The van der Waals surface area contributed by atoms with Gasteiger partial charge in [0.25, 0.3) is 6.01 Å². The van der Waals surface area contributed by atoms with E-state index in [9.17, 15) is 0 Å². The zero-order valence-corrected chi connectivity index (χ0v) is 10.6. The molecule has 2 N–H and O–H groups in total. The van der Waals surface area contributed by atoms with Crippen LogP contribution in [0.4, 0.5) is 11.7 Å². The Morgan fingerprint density at radius 3 is 3.00 bits per heavy atom. The quantitative estimate of drug-likeness (QED) is 0.781. The third kappa shape index (κ3) is 1.80. The fourth-order valence-corrected chi connectivity index (χ4v) is 2.26. The Hall–Kier alpha value is -1.75. The van der Waals surface area contributed by atoms with Gasteiger partial charge in [0.05, 0.1) is 18.8 Å². The first-order valence-corrected chi connectivity index (χ1v) is 6.08. The Morgan fingerprint density at radius 2 is 2.22 bits per heavy atom. The van der Waals surface area contributed by atoms with Crippen molar-refractivity contribution in [2.45, 2.75) is 19.4 Å². The highest BCUT2D eigenvalue weighted by molar-refractivity contribution is 5.78. The standard InChI is InChI=1S/C13H17N3O2/c1-13(2)8-17-6-5-16(13)12-15-10-7-9(14)3-4-11(10)18-12/h3-4,7H,5-6,8,14H2,1-2H3. The van der Waals surface area contributed by atoms with Gasteiger partial charge in [0, 0.05) is 12.2 Å². The molecule has 18 heavy (non-hydrogen) atoms. The molecule has 3 rings (SSSR count). The number of benzene rings is 1. The van der Waals surface area contributed by atoms with Gasteiger partial charge in [-0.2, -0.15) is 4.98 Å². The van der Waals surface area contributed by atoms with Crippen LogP contribution in [0.15, 0.2) is 22.6 Å². The van der Waals surface area contributed by atoms with Crippen LogP contribution in [0.3, 0.4) is 0 Å². The highest BCUT2D eigenvalue weighted by atomic mass is 16.5. The summed E-state index contributed by atoms with van der Waals surface area (Å²) >= 11 is 0. The van der Waals surface area contributed by atoms with Crippen LogP contribution in [0.2, 0.25) is 0 Å². The number of oxazole rings is 1.